The summed E-state index contributed by atoms with van der Waals surface area (Å²) in [6, 6.07) is 16.1. The van der Waals surface area contributed by atoms with Gasteiger partial charge in [-0.1, -0.05) is 72.1 Å². The van der Waals surface area contributed by atoms with E-state index in [1.807, 2.05) is 54.3 Å². The minimum atomic E-state index is -1.45. The molecular weight excluding hydrogens is 361 g/mol. The fraction of sp³-hybridized carbons (Fsp3) is 0.316. The molecule has 2 aromatic carbocycles. The Bertz CT molecular complexity index is 820. The molecule has 1 saturated heterocycles. The second kappa shape index (κ2) is 5.42. The zero-order valence-corrected chi connectivity index (χ0v) is 15.8. The van der Waals surface area contributed by atoms with Crippen molar-refractivity contribution in [3.8, 4) is 0 Å². The van der Waals surface area contributed by atoms with Gasteiger partial charge in [0.1, 0.15) is 5.54 Å². The number of carbonyl (C=O) groups excluding carboxylic acids is 1. The van der Waals surface area contributed by atoms with E-state index in [0.717, 1.165) is 16.1 Å². The highest BCUT2D eigenvalue weighted by atomic mass is 35.5. The van der Waals surface area contributed by atoms with E-state index in [2.05, 4.69) is 13.0 Å². The molecule has 2 unspecified atom stereocenters. The van der Waals surface area contributed by atoms with Crippen molar-refractivity contribution in [2.24, 2.45) is 0 Å². The van der Waals surface area contributed by atoms with Gasteiger partial charge in [0.25, 0.3) is 5.91 Å². The van der Waals surface area contributed by atoms with Crippen molar-refractivity contribution in [2.75, 3.05) is 4.90 Å². The fourth-order valence-corrected chi connectivity index (χ4v) is 5.69. The van der Waals surface area contributed by atoms with Crippen LogP contribution in [0.5, 0.6) is 0 Å². The van der Waals surface area contributed by atoms with Crippen LogP contribution in [0.3, 0.4) is 0 Å². The SMILES string of the molecule is Cc1ccc(C23CC(C)Sc4ccccc4N2C(=O)C3(Cl)Cl)cc1. The number of anilines is 1. The van der Waals surface area contributed by atoms with E-state index in [4.69, 9.17) is 23.2 Å². The van der Waals surface area contributed by atoms with Gasteiger partial charge in [-0.15, -0.1) is 11.8 Å². The van der Waals surface area contributed by atoms with Crippen LogP contribution >= 0.6 is 35.0 Å². The first-order valence-corrected chi connectivity index (χ1v) is 9.57. The van der Waals surface area contributed by atoms with E-state index in [9.17, 15) is 4.79 Å². The van der Waals surface area contributed by atoms with Crippen LogP contribution in [-0.2, 0) is 10.3 Å². The summed E-state index contributed by atoms with van der Waals surface area (Å²) in [5.41, 5.74) is 2.31. The zero-order chi connectivity index (χ0) is 17.1. The monoisotopic (exact) mass is 377 g/mol. The number of hydrogen-bond acceptors (Lipinski definition) is 2. The summed E-state index contributed by atoms with van der Waals surface area (Å²) in [6.45, 7) is 4.20. The van der Waals surface area contributed by atoms with Crippen LogP contribution in [0.4, 0.5) is 5.69 Å². The van der Waals surface area contributed by atoms with E-state index < -0.39 is 9.87 Å². The lowest BCUT2D eigenvalue weighted by molar-refractivity contribution is -0.129. The molecule has 4 rings (SSSR count). The summed E-state index contributed by atoms with van der Waals surface area (Å²) in [5.74, 6) is -0.242. The quantitative estimate of drug-likeness (QED) is 0.496. The standard InChI is InChI=1S/C19H17Cl2NOS/c1-12-7-9-14(10-8-12)18-11-13(2)24-16-6-4-3-5-15(16)22(18)17(23)19(18,20)21/h3-10,13H,11H2,1-2H3. The first kappa shape index (κ1) is 16.3. The van der Waals surface area contributed by atoms with Crippen LogP contribution in [0.1, 0.15) is 24.5 Å². The molecule has 1 fully saturated rings. The molecule has 5 heteroatoms. The lowest BCUT2D eigenvalue weighted by Gasteiger charge is -2.59. The largest absolute Gasteiger partial charge is 0.295 e. The minimum Gasteiger partial charge on any atom is -0.295 e. The number of alkyl halides is 2. The number of benzene rings is 2. The van der Waals surface area contributed by atoms with Gasteiger partial charge in [-0.2, -0.15) is 0 Å². The average molecular weight is 378 g/mol. The number of para-hydroxylation sites is 1. The van der Waals surface area contributed by atoms with Crippen molar-refractivity contribution in [3.05, 3.63) is 59.7 Å². The number of thioether (sulfide) groups is 1. The van der Waals surface area contributed by atoms with Gasteiger partial charge in [-0.3, -0.25) is 9.69 Å². The van der Waals surface area contributed by atoms with Gasteiger partial charge in [-0.25, -0.2) is 0 Å². The van der Waals surface area contributed by atoms with Crippen LogP contribution < -0.4 is 4.90 Å². The molecule has 0 saturated carbocycles. The highest BCUT2D eigenvalue weighted by Crippen LogP contribution is 2.63. The van der Waals surface area contributed by atoms with Gasteiger partial charge in [0.05, 0.1) is 5.69 Å². The molecule has 2 heterocycles. The third-order valence-corrected chi connectivity index (χ3v) is 7.04. The molecule has 0 spiro atoms. The van der Waals surface area contributed by atoms with E-state index in [1.165, 1.54) is 5.56 Å². The maximum atomic E-state index is 12.8. The molecule has 2 aliphatic rings. The predicted octanol–water partition coefficient (Wildman–Crippen LogP) is 5.30. The topological polar surface area (TPSA) is 20.3 Å². The number of carbonyl (C=O) groups is 1. The highest BCUT2D eigenvalue weighted by molar-refractivity contribution is 8.00. The first-order valence-electron chi connectivity index (χ1n) is 7.93. The molecule has 0 aliphatic carbocycles. The molecule has 2 aromatic rings. The van der Waals surface area contributed by atoms with E-state index in [-0.39, 0.29) is 11.2 Å². The number of aryl methyl sites for hydroxylation is 1. The second-order valence-electron chi connectivity index (χ2n) is 6.54. The Hall–Kier alpha value is -1.16. The van der Waals surface area contributed by atoms with Gasteiger partial charge in [0.2, 0.25) is 4.33 Å². The van der Waals surface area contributed by atoms with Crippen LogP contribution in [0.15, 0.2) is 53.4 Å². The van der Waals surface area contributed by atoms with Crippen LogP contribution in [0, 0.1) is 6.92 Å². The van der Waals surface area contributed by atoms with Crippen molar-refractivity contribution in [3.63, 3.8) is 0 Å². The molecule has 0 radical (unpaired) electrons. The van der Waals surface area contributed by atoms with E-state index in [1.54, 1.807) is 11.8 Å². The van der Waals surface area contributed by atoms with Crippen molar-refractivity contribution in [1.82, 2.24) is 0 Å². The van der Waals surface area contributed by atoms with Gasteiger partial charge >= 0.3 is 0 Å². The van der Waals surface area contributed by atoms with Gasteiger partial charge in [0, 0.05) is 10.1 Å². The Kier molecular flexibility index (Phi) is 3.68. The number of fused-ring (bicyclic) bond motifs is 3. The summed E-state index contributed by atoms with van der Waals surface area (Å²) < 4.78 is -1.45. The van der Waals surface area contributed by atoms with Gasteiger partial charge in [0.15, 0.2) is 0 Å². The molecular formula is C19H17Cl2NOS. The third kappa shape index (κ3) is 2.01. The normalized spacial score (nSPS) is 27.8. The molecule has 0 N–H and O–H groups in total. The number of rotatable bonds is 1. The predicted molar refractivity (Wildman–Crippen MR) is 101 cm³/mol. The smallest absolute Gasteiger partial charge is 0.267 e. The summed E-state index contributed by atoms with van der Waals surface area (Å²) in [4.78, 5) is 15.7. The Morgan fingerprint density at radius 3 is 2.50 bits per heavy atom. The van der Waals surface area contributed by atoms with Crippen LogP contribution in [0.2, 0.25) is 0 Å². The molecule has 0 bridgehead atoms. The van der Waals surface area contributed by atoms with Crippen LogP contribution in [0.25, 0.3) is 0 Å². The summed E-state index contributed by atoms with van der Waals surface area (Å²) >= 11 is 15.0. The maximum Gasteiger partial charge on any atom is 0.267 e. The van der Waals surface area contributed by atoms with Gasteiger partial charge < -0.3 is 0 Å². The second-order valence-corrected chi connectivity index (χ2v) is 9.35. The lowest BCUT2D eigenvalue weighted by Crippen LogP contribution is -2.76. The Morgan fingerprint density at radius 1 is 1.12 bits per heavy atom. The van der Waals surface area contributed by atoms with E-state index in [0.29, 0.717) is 6.42 Å². The van der Waals surface area contributed by atoms with Crippen LogP contribution in [-0.4, -0.2) is 15.5 Å². The Morgan fingerprint density at radius 2 is 1.79 bits per heavy atom. The number of β-lactam (4-membered cyclic amide) rings is 1. The molecule has 0 aromatic heterocycles. The minimum absolute atomic E-state index is 0.242. The lowest BCUT2D eigenvalue weighted by atomic mass is 9.72. The molecule has 1 amide bonds. The number of amides is 1. The molecule has 2 aliphatic heterocycles. The van der Waals surface area contributed by atoms with Crippen molar-refractivity contribution in [1.29, 1.82) is 0 Å². The molecule has 2 nitrogen and oxygen atoms in total. The summed E-state index contributed by atoms with van der Waals surface area (Å²) in [5, 5.41) is 0.280. The van der Waals surface area contributed by atoms with Gasteiger partial charge in [-0.05, 0) is 31.0 Å². The Labute approximate surface area is 156 Å². The number of hydrogen-bond donors (Lipinski definition) is 0. The van der Waals surface area contributed by atoms with E-state index >= 15 is 0 Å². The molecule has 124 valence electrons. The fourth-order valence-electron chi connectivity index (χ4n) is 3.79. The maximum absolute atomic E-state index is 12.8. The molecule has 2 atom stereocenters. The average Bonchev–Trinajstić information content (AvgIpc) is 2.68. The highest BCUT2D eigenvalue weighted by Gasteiger charge is 2.72. The van der Waals surface area contributed by atoms with Crippen molar-refractivity contribution >= 4 is 46.6 Å². The first-order chi connectivity index (χ1) is 11.4. The zero-order valence-electron chi connectivity index (χ0n) is 13.4. The van der Waals surface area contributed by atoms with Crippen molar-refractivity contribution in [2.45, 2.75) is 40.3 Å². The molecule has 24 heavy (non-hydrogen) atoms. The number of nitrogens with zero attached hydrogens (tertiary/aromatic N) is 1. The Balaban J connectivity index is 1.97. The summed E-state index contributed by atoms with van der Waals surface area (Å²) in [7, 11) is 0. The third-order valence-electron chi connectivity index (χ3n) is 4.92. The van der Waals surface area contributed by atoms with Crippen molar-refractivity contribution < 1.29 is 4.79 Å². The summed E-state index contributed by atoms with van der Waals surface area (Å²) in [6.07, 6.45) is 0.703. The number of halogens is 2.